The minimum Gasteiger partial charge on any atom is -0.456 e. The van der Waals surface area contributed by atoms with Gasteiger partial charge in [-0.05, 0) is 54.6 Å². The van der Waals surface area contributed by atoms with E-state index in [-0.39, 0.29) is 0 Å². The van der Waals surface area contributed by atoms with E-state index in [0.29, 0.717) is 5.82 Å². The second-order valence-corrected chi connectivity index (χ2v) is 14.1. The molecule has 0 saturated carbocycles. The molecule has 4 aromatic heterocycles. The summed E-state index contributed by atoms with van der Waals surface area (Å²) in [6.45, 7) is 0. The van der Waals surface area contributed by atoms with Crippen molar-refractivity contribution in [2.24, 2.45) is 0 Å². The fourth-order valence-corrected chi connectivity index (χ4v) is 8.75. The van der Waals surface area contributed by atoms with Gasteiger partial charge in [-0.1, -0.05) is 127 Å². The van der Waals surface area contributed by atoms with E-state index < -0.39 is 0 Å². The first-order valence-corrected chi connectivity index (χ1v) is 18.6. The lowest BCUT2D eigenvalue weighted by Gasteiger charge is -2.14. The maximum absolute atomic E-state index is 6.53. The third kappa shape index (κ3) is 4.35. The van der Waals surface area contributed by atoms with Crippen LogP contribution in [-0.2, 0) is 0 Å². The van der Waals surface area contributed by atoms with Gasteiger partial charge < -0.3 is 13.6 Å². The largest absolute Gasteiger partial charge is 0.456 e. The molecular formula is C50H30N4O. The number of nitrogens with zero attached hydrogens (tertiary/aromatic N) is 4. The molecule has 12 rings (SSSR count). The van der Waals surface area contributed by atoms with Crippen molar-refractivity contribution in [1.82, 2.24) is 19.1 Å². The van der Waals surface area contributed by atoms with Crippen molar-refractivity contribution in [3.05, 3.63) is 182 Å². The van der Waals surface area contributed by atoms with Crippen LogP contribution in [0.3, 0.4) is 0 Å². The average Bonchev–Trinajstić information content (AvgIpc) is 3.91. The van der Waals surface area contributed by atoms with Crippen LogP contribution in [0.25, 0.3) is 110 Å². The van der Waals surface area contributed by atoms with Gasteiger partial charge in [-0.15, -0.1) is 0 Å². The van der Waals surface area contributed by atoms with Crippen molar-refractivity contribution >= 4 is 76.5 Å². The van der Waals surface area contributed by atoms with Crippen LogP contribution in [-0.4, -0.2) is 19.1 Å². The Morgan fingerprint density at radius 2 is 1.00 bits per heavy atom. The van der Waals surface area contributed by atoms with E-state index in [9.17, 15) is 0 Å². The van der Waals surface area contributed by atoms with Crippen LogP contribution < -0.4 is 0 Å². The summed E-state index contributed by atoms with van der Waals surface area (Å²) in [6.07, 6.45) is 0. The quantitative estimate of drug-likeness (QED) is 0.183. The van der Waals surface area contributed by atoms with E-state index in [1.165, 1.54) is 27.1 Å². The molecule has 0 unspecified atom stereocenters. The van der Waals surface area contributed by atoms with Crippen LogP contribution in [0.4, 0.5) is 0 Å². The van der Waals surface area contributed by atoms with Crippen molar-refractivity contribution in [2.75, 3.05) is 0 Å². The SMILES string of the molecule is c1ccc(-c2nc(-c3cccc(-n4c5c(ccc6oc7ccccc7c65)c5ccc6c7ccccc7n(-c7ccccc7)c6c54)c3)nc3ccccc23)cc1. The molecule has 0 saturated heterocycles. The van der Waals surface area contributed by atoms with Crippen molar-refractivity contribution in [1.29, 1.82) is 0 Å². The molecule has 0 amide bonds. The van der Waals surface area contributed by atoms with Crippen LogP contribution in [0.15, 0.2) is 186 Å². The van der Waals surface area contributed by atoms with Crippen molar-refractivity contribution in [2.45, 2.75) is 0 Å². The van der Waals surface area contributed by atoms with Gasteiger partial charge in [0, 0.05) is 54.8 Å². The molecule has 5 heteroatoms. The molecule has 12 aromatic rings. The van der Waals surface area contributed by atoms with Crippen molar-refractivity contribution < 1.29 is 4.42 Å². The Morgan fingerprint density at radius 3 is 1.85 bits per heavy atom. The zero-order valence-corrected chi connectivity index (χ0v) is 29.5. The molecule has 4 heterocycles. The number of para-hydroxylation sites is 4. The molecule has 0 fully saturated rings. The molecule has 8 aromatic carbocycles. The molecule has 0 N–H and O–H groups in total. The van der Waals surface area contributed by atoms with Crippen molar-refractivity contribution in [3.63, 3.8) is 0 Å². The second kappa shape index (κ2) is 11.5. The van der Waals surface area contributed by atoms with Gasteiger partial charge in [0.2, 0.25) is 0 Å². The summed E-state index contributed by atoms with van der Waals surface area (Å²) in [5.74, 6) is 0.683. The summed E-state index contributed by atoms with van der Waals surface area (Å²) in [4.78, 5) is 10.4. The van der Waals surface area contributed by atoms with Gasteiger partial charge in [0.1, 0.15) is 11.2 Å². The predicted octanol–water partition coefficient (Wildman–Crippen LogP) is 13.1. The summed E-state index contributed by atoms with van der Waals surface area (Å²) in [5.41, 5.74) is 12.3. The van der Waals surface area contributed by atoms with Crippen molar-refractivity contribution in [3.8, 4) is 34.0 Å². The Hall–Kier alpha value is -7.50. The minimum absolute atomic E-state index is 0.683. The Balaban J connectivity index is 1.24. The van der Waals surface area contributed by atoms with Gasteiger partial charge in [0.05, 0.1) is 38.7 Å². The van der Waals surface area contributed by atoms with Crippen LogP contribution >= 0.6 is 0 Å². The van der Waals surface area contributed by atoms with E-state index in [0.717, 1.165) is 77.6 Å². The van der Waals surface area contributed by atoms with E-state index >= 15 is 0 Å². The van der Waals surface area contributed by atoms with Crippen LogP contribution in [0.1, 0.15) is 0 Å². The minimum atomic E-state index is 0.683. The van der Waals surface area contributed by atoms with Crippen LogP contribution in [0, 0.1) is 0 Å². The molecule has 0 radical (unpaired) electrons. The standard InChI is InChI=1S/C50H30N4O/c1-3-14-31(15-4-1)46-39-21-7-10-23-41(39)51-50(52-46)32-16-13-19-34(30-32)54-47-37(28-29-44-45(47)40-22-9-12-25-43(40)55-44)38-27-26-36-35-20-8-11-24-42(35)53(48(36)49(38)54)33-17-5-2-6-18-33/h1-30H. The fourth-order valence-electron chi connectivity index (χ4n) is 8.75. The first kappa shape index (κ1) is 30.0. The number of rotatable bonds is 4. The van der Waals surface area contributed by atoms with E-state index in [1.54, 1.807) is 0 Å². The number of furan rings is 1. The highest BCUT2D eigenvalue weighted by Crippen LogP contribution is 2.45. The molecule has 0 atom stereocenters. The monoisotopic (exact) mass is 702 g/mol. The summed E-state index contributed by atoms with van der Waals surface area (Å²) < 4.78 is 11.4. The third-order valence-electron chi connectivity index (χ3n) is 11.1. The zero-order chi connectivity index (χ0) is 36.0. The molecule has 0 aliphatic carbocycles. The topological polar surface area (TPSA) is 48.8 Å². The maximum atomic E-state index is 6.53. The number of hydrogen-bond donors (Lipinski definition) is 0. The highest BCUT2D eigenvalue weighted by molar-refractivity contribution is 6.29. The second-order valence-electron chi connectivity index (χ2n) is 14.1. The molecule has 5 nitrogen and oxygen atoms in total. The Morgan fingerprint density at radius 1 is 0.382 bits per heavy atom. The first-order valence-electron chi connectivity index (χ1n) is 18.6. The molecule has 55 heavy (non-hydrogen) atoms. The van der Waals surface area contributed by atoms with E-state index in [4.69, 9.17) is 14.4 Å². The van der Waals surface area contributed by atoms with Gasteiger partial charge >= 0.3 is 0 Å². The molecular weight excluding hydrogens is 673 g/mol. The molecule has 256 valence electrons. The predicted molar refractivity (Wildman–Crippen MR) is 226 cm³/mol. The summed E-state index contributed by atoms with van der Waals surface area (Å²) >= 11 is 0. The first-order chi connectivity index (χ1) is 27.3. The highest BCUT2D eigenvalue weighted by atomic mass is 16.3. The normalized spacial score (nSPS) is 12.0. The molecule has 0 aliphatic heterocycles. The Bertz CT molecular complexity index is 3480. The third-order valence-corrected chi connectivity index (χ3v) is 11.1. The number of aromatic nitrogens is 4. The fraction of sp³-hybridized carbons (Fsp3) is 0. The average molecular weight is 703 g/mol. The van der Waals surface area contributed by atoms with Crippen LogP contribution in [0.2, 0.25) is 0 Å². The molecule has 0 spiro atoms. The lowest BCUT2D eigenvalue weighted by molar-refractivity contribution is 0.669. The van der Waals surface area contributed by atoms with E-state index in [1.807, 2.05) is 18.2 Å². The molecule has 0 aliphatic rings. The molecule has 0 bridgehead atoms. The number of benzene rings is 8. The Kier molecular flexibility index (Phi) is 6.27. The highest BCUT2D eigenvalue weighted by Gasteiger charge is 2.24. The Labute approximate surface area is 315 Å². The maximum Gasteiger partial charge on any atom is 0.160 e. The number of fused-ring (bicyclic) bond motifs is 12. The van der Waals surface area contributed by atoms with Gasteiger partial charge in [-0.25, -0.2) is 9.97 Å². The summed E-state index contributed by atoms with van der Waals surface area (Å²) in [7, 11) is 0. The summed E-state index contributed by atoms with van der Waals surface area (Å²) in [5, 5.41) is 7.97. The zero-order valence-electron chi connectivity index (χ0n) is 29.5. The number of hydrogen-bond acceptors (Lipinski definition) is 3. The van der Waals surface area contributed by atoms with E-state index in [2.05, 4.69) is 173 Å². The summed E-state index contributed by atoms with van der Waals surface area (Å²) in [6, 6.07) is 64.1. The van der Waals surface area contributed by atoms with Gasteiger partial charge in [-0.3, -0.25) is 0 Å². The smallest absolute Gasteiger partial charge is 0.160 e. The van der Waals surface area contributed by atoms with Gasteiger partial charge in [0.25, 0.3) is 0 Å². The van der Waals surface area contributed by atoms with Gasteiger partial charge in [0.15, 0.2) is 5.82 Å². The lowest BCUT2D eigenvalue weighted by atomic mass is 10.1. The lowest BCUT2D eigenvalue weighted by Crippen LogP contribution is -2.00. The van der Waals surface area contributed by atoms with Gasteiger partial charge in [-0.2, -0.15) is 0 Å². The van der Waals surface area contributed by atoms with Crippen LogP contribution in [0.5, 0.6) is 0 Å².